The van der Waals surface area contributed by atoms with Crippen LogP contribution in [0.3, 0.4) is 0 Å². The average molecular weight is 139 g/mol. The summed E-state index contributed by atoms with van der Waals surface area (Å²) < 4.78 is 0. The molecule has 10 heavy (non-hydrogen) atoms. The second kappa shape index (κ2) is 2.54. The maximum Gasteiger partial charge on any atom is 0.00983 e. The Balaban J connectivity index is 1.97. The lowest BCUT2D eigenvalue weighted by atomic mass is 9.85. The minimum absolute atomic E-state index is 0.799. The first-order valence-electron chi connectivity index (χ1n) is 4.62. The third-order valence-electron chi connectivity index (χ3n) is 3.06. The number of rotatable bonds is 0. The van der Waals surface area contributed by atoms with Crippen molar-refractivity contribution < 1.29 is 0 Å². The van der Waals surface area contributed by atoms with E-state index < -0.39 is 0 Å². The van der Waals surface area contributed by atoms with E-state index in [-0.39, 0.29) is 0 Å². The molecule has 1 unspecified atom stereocenters. The van der Waals surface area contributed by atoms with Crippen LogP contribution in [0, 0.1) is 5.92 Å². The molecule has 1 aliphatic heterocycles. The van der Waals surface area contributed by atoms with Gasteiger partial charge in [0, 0.05) is 12.1 Å². The Hall–Kier alpha value is -0.0400. The molecule has 3 atom stereocenters. The molecule has 58 valence electrons. The summed E-state index contributed by atoms with van der Waals surface area (Å²) in [5, 5.41) is 3.66. The van der Waals surface area contributed by atoms with E-state index in [1.165, 1.54) is 32.1 Å². The van der Waals surface area contributed by atoms with Crippen LogP contribution in [0.15, 0.2) is 0 Å². The standard InChI is InChI=1S/C9H17N/c1-7-6-8-4-2-3-5-9(8)10-7/h7-10H,2-6H2,1H3/t7?,8-,9-/m0/s1. The zero-order valence-corrected chi connectivity index (χ0v) is 6.77. The molecule has 1 aliphatic carbocycles. The summed E-state index contributed by atoms with van der Waals surface area (Å²) in [6.07, 6.45) is 7.30. The highest BCUT2D eigenvalue weighted by Crippen LogP contribution is 2.32. The van der Waals surface area contributed by atoms with Gasteiger partial charge in [0.05, 0.1) is 0 Å². The van der Waals surface area contributed by atoms with E-state index in [0.717, 1.165) is 18.0 Å². The van der Waals surface area contributed by atoms with Crippen LogP contribution in [-0.4, -0.2) is 12.1 Å². The first kappa shape index (κ1) is 6.66. The molecule has 0 aromatic carbocycles. The highest BCUT2D eigenvalue weighted by Gasteiger charge is 2.32. The van der Waals surface area contributed by atoms with Crippen LogP contribution in [-0.2, 0) is 0 Å². The van der Waals surface area contributed by atoms with Crippen molar-refractivity contribution in [3.8, 4) is 0 Å². The minimum atomic E-state index is 0.799. The highest BCUT2D eigenvalue weighted by molar-refractivity contribution is 4.90. The van der Waals surface area contributed by atoms with Gasteiger partial charge >= 0.3 is 0 Å². The molecule has 0 amide bonds. The largest absolute Gasteiger partial charge is 0.311 e. The van der Waals surface area contributed by atoms with Gasteiger partial charge in [-0.25, -0.2) is 0 Å². The third kappa shape index (κ3) is 1.07. The second-order valence-electron chi connectivity index (χ2n) is 3.95. The van der Waals surface area contributed by atoms with E-state index in [2.05, 4.69) is 12.2 Å². The van der Waals surface area contributed by atoms with Gasteiger partial charge in [-0.05, 0) is 32.1 Å². The fraction of sp³-hybridized carbons (Fsp3) is 1.00. The first-order valence-corrected chi connectivity index (χ1v) is 4.62. The molecule has 1 saturated carbocycles. The summed E-state index contributed by atoms with van der Waals surface area (Å²) in [4.78, 5) is 0. The van der Waals surface area contributed by atoms with Crippen LogP contribution < -0.4 is 5.32 Å². The first-order chi connectivity index (χ1) is 4.86. The van der Waals surface area contributed by atoms with Gasteiger partial charge in [-0.15, -0.1) is 0 Å². The zero-order valence-electron chi connectivity index (χ0n) is 6.77. The van der Waals surface area contributed by atoms with Crippen LogP contribution >= 0.6 is 0 Å². The third-order valence-corrected chi connectivity index (χ3v) is 3.06. The van der Waals surface area contributed by atoms with Gasteiger partial charge in [-0.2, -0.15) is 0 Å². The fourth-order valence-corrected chi connectivity index (χ4v) is 2.60. The summed E-state index contributed by atoms with van der Waals surface area (Å²) in [5.74, 6) is 1.03. The Labute approximate surface area is 63.2 Å². The lowest BCUT2D eigenvalue weighted by Gasteiger charge is -2.24. The van der Waals surface area contributed by atoms with E-state index >= 15 is 0 Å². The molecule has 1 heteroatoms. The average Bonchev–Trinajstić information content (AvgIpc) is 2.27. The molecule has 0 radical (unpaired) electrons. The highest BCUT2D eigenvalue weighted by atomic mass is 15.0. The van der Waals surface area contributed by atoms with Crippen molar-refractivity contribution in [1.29, 1.82) is 0 Å². The Kier molecular flexibility index (Phi) is 1.69. The van der Waals surface area contributed by atoms with Crippen LogP contribution in [0.25, 0.3) is 0 Å². The molecular weight excluding hydrogens is 122 g/mol. The Morgan fingerprint density at radius 2 is 2.00 bits per heavy atom. The number of fused-ring (bicyclic) bond motifs is 1. The van der Waals surface area contributed by atoms with Crippen LogP contribution in [0.5, 0.6) is 0 Å². The van der Waals surface area contributed by atoms with Crippen molar-refractivity contribution in [2.75, 3.05) is 0 Å². The van der Waals surface area contributed by atoms with Crippen molar-refractivity contribution >= 4 is 0 Å². The summed E-state index contributed by atoms with van der Waals surface area (Å²) in [5.41, 5.74) is 0. The van der Waals surface area contributed by atoms with Crippen LogP contribution in [0.2, 0.25) is 0 Å². The van der Waals surface area contributed by atoms with Crippen molar-refractivity contribution in [1.82, 2.24) is 5.32 Å². The van der Waals surface area contributed by atoms with Gasteiger partial charge in [0.2, 0.25) is 0 Å². The molecule has 1 heterocycles. The quantitative estimate of drug-likeness (QED) is 0.540. The van der Waals surface area contributed by atoms with E-state index in [1.807, 2.05) is 0 Å². The number of nitrogens with one attached hydrogen (secondary N) is 1. The maximum atomic E-state index is 3.66. The molecular formula is C9H17N. The summed E-state index contributed by atoms with van der Waals surface area (Å²) >= 11 is 0. The zero-order chi connectivity index (χ0) is 6.97. The van der Waals surface area contributed by atoms with Crippen molar-refractivity contribution in [2.24, 2.45) is 5.92 Å². The molecule has 2 rings (SSSR count). The Bertz CT molecular complexity index is 108. The molecule has 0 spiro atoms. The molecule has 0 bridgehead atoms. The predicted molar refractivity (Wildman–Crippen MR) is 43.0 cm³/mol. The number of hydrogen-bond donors (Lipinski definition) is 1. The van der Waals surface area contributed by atoms with Crippen LogP contribution in [0.4, 0.5) is 0 Å². The van der Waals surface area contributed by atoms with Gasteiger partial charge in [0.15, 0.2) is 0 Å². The molecule has 1 nitrogen and oxygen atoms in total. The van der Waals surface area contributed by atoms with E-state index in [9.17, 15) is 0 Å². The normalized spacial score (nSPS) is 47.1. The smallest absolute Gasteiger partial charge is 0.00983 e. The van der Waals surface area contributed by atoms with Gasteiger partial charge < -0.3 is 5.32 Å². The van der Waals surface area contributed by atoms with Crippen molar-refractivity contribution in [2.45, 2.75) is 51.1 Å². The summed E-state index contributed by atoms with van der Waals surface area (Å²) in [7, 11) is 0. The Morgan fingerprint density at radius 3 is 2.80 bits per heavy atom. The van der Waals surface area contributed by atoms with E-state index in [0.29, 0.717) is 0 Å². The monoisotopic (exact) mass is 139 g/mol. The molecule has 1 N–H and O–H groups in total. The molecule has 0 aromatic rings. The summed E-state index contributed by atoms with van der Waals surface area (Å²) in [6.45, 7) is 2.32. The lowest BCUT2D eigenvalue weighted by molar-refractivity contribution is 0.325. The predicted octanol–water partition coefficient (Wildman–Crippen LogP) is 1.93. The van der Waals surface area contributed by atoms with E-state index in [4.69, 9.17) is 0 Å². The topological polar surface area (TPSA) is 12.0 Å². The van der Waals surface area contributed by atoms with Gasteiger partial charge in [-0.1, -0.05) is 12.8 Å². The maximum absolute atomic E-state index is 3.66. The van der Waals surface area contributed by atoms with Gasteiger partial charge in [0.25, 0.3) is 0 Å². The SMILES string of the molecule is CC1C[C@@H]2CCCC[C@@H]2N1. The van der Waals surface area contributed by atoms with Crippen molar-refractivity contribution in [3.05, 3.63) is 0 Å². The summed E-state index contributed by atoms with van der Waals surface area (Å²) in [6, 6.07) is 1.69. The lowest BCUT2D eigenvalue weighted by Crippen LogP contribution is -2.31. The fourth-order valence-electron chi connectivity index (χ4n) is 2.60. The Morgan fingerprint density at radius 1 is 1.20 bits per heavy atom. The van der Waals surface area contributed by atoms with Gasteiger partial charge in [-0.3, -0.25) is 0 Å². The van der Waals surface area contributed by atoms with E-state index in [1.54, 1.807) is 0 Å². The van der Waals surface area contributed by atoms with Gasteiger partial charge in [0.1, 0.15) is 0 Å². The van der Waals surface area contributed by atoms with Crippen LogP contribution in [0.1, 0.15) is 39.0 Å². The molecule has 0 aromatic heterocycles. The molecule has 2 fully saturated rings. The second-order valence-corrected chi connectivity index (χ2v) is 3.95. The molecule has 2 aliphatic rings. The minimum Gasteiger partial charge on any atom is -0.311 e. The number of hydrogen-bond acceptors (Lipinski definition) is 1. The van der Waals surface area contributed by atoms with Crippen molar-refractivity contribution in [3.63, 3.8) is 0 Å². The molecule has 1 saturated heterocycles.